The second-order valence-corrected chi connectivity index (χ2v) is 5.70. The number of benzene rings is 2. The molecule has 0 fully saturated rings. The molecule has 6 nitrogen and oxygen atoms in total. The number of ether oxygens (including phenoxy) is 2. The maximum atomic E-state index is 11.4. The first-order valence-corrected chi connectivity index (χ1v) is 8.43. The summed E-state index contributed by atoms with van der Waals surface area (Å²) >= 11 is 0. The molecule has 0 aliphatic carbocycles. The molecule has 2 rings (SSSR count). The quantitative estimate of drug-likeness (QED) is 0.208. The molecule has 0 saturated heterocycles. The van der Waals surface area contributed by atoms with Crippen molar-refractivity contribution in [3.05, 3.63) is 65.2 Å². The second kappa shape index (κ2) is 12.2. The Hall–Kier alpha value is -2.29. The Kier molecular flexibility index (Phi) is 10.2. The fourth-order valence-electron chi connectivity index (χ4n) is 2.26. The van der Waals surface area contributed by atoms with E-state index in [4.69, 9.17) is 4.74 Å². The second-order valence-electron chi connectivity index (χ2n) is 5.70. The van der Waals surface area contributed by atoms with Crippen LogP contribution in [0.1, 0.15) is 21.5 Å². The molecule has 0 aliphatic rings. The number of aliphatic imine (C=N–C) groups is 1. The van der Waals surface area contributed by atoms with Crippen molar-refractivity contribution in [2.24, 2.45) is 4.99 Å². The SMILES string of the molecule is CN=C(NCCOc1ccc(C)cc1)NCc1ccc(C(=O)OC)cc1.I. The summed E-state index contributed by atoms with van der Waals surface area (Å²) in [6.45, 7) is 3.82. The van der Waals surface area contributed by atoms with Crippen LogP contribution in [0.4, 0.5) is 0 Å². The van der Waals surface area contributed by atoms with E-state index in [1.165, 1.54) is 12.7 Å². The predicted octanol–water partition coefficient (Wildman–Crippen LogP) is 3.14. The Balaban J connectivity index is 0.00000364. The van der Waals surface area contributed by atoms with Gasteiger partial charge in [0.15, 0.2) is 5.96 Å². The van der Waals surface area contributed by atoms with Gasteiger partial charge in [0.05, 0.1) is 19.2 Å². The van der Waals surface area contributed by atoms with Crippen LogP contribution < -0.4 is 15.4 Å². The number of hydrogen-bond acceptors (Lipinski definition) is 4. The highest BCUT2D eigenvalue weighted by molar-refractivity contribution is 14.0. The minimum atomic E-state index is -0.337. The third kappa shape index (κ3) is 7.86. The fraction of sp³-hybridized carbons (Fsp3) is 0.300. The number of carbonyl (C=O) groups is 1. The molecule has 0 aromatic heterocycles. The standard InChI is InChI=1S/C20H25N3O3.HI/c1-15-4-10-18(11-5-15)26-13-12-22-20(21-2)23-14-16-6-8-17(9-7-16)19(24)25-3;/h4-11H,12-14H2,1-3H3,(H2,21,22,23);1H. The van der Waals surface area contributed by atoms with Crippen molar-refractivity contribution >= 4 is 35.9 Å². The summed E-state index contributed by atoms with van der Waals surface area (Å²) in [7, 11) is 3.09. The van der Waals surface area contributed by atoms with Gasteiger partial charge in [-0.05, 0) is 36.8 Å². The molecule has 27 heavy (non-hydrogen) atoms. The van der Waals surface area contributed by atoms with Gasteiger partial charge in [0, 0.05) is 13.6 Å². The zero-order valence-electron chi connectivity index (χ0n) is 15.8. The molecule has 0 saturated carbocycles. The lowest BCUT2D eigenvalue weighted by Gasteiger charge is -2.13. The highest BCUT2D eigenvalue weighted by Crippen LogP contribution is 2.10. The molecular weight excluding hydrogens is 457 g/mol. The molecule has 2 aromatic rings. The fourth-order valence-corrected chi connectivity index (χ4v) is 2.26. The molecule has 2 N–H and O–H groups in total. The number of hydrogen-bond donors (Lipinski definition) is 2. The molecule has 0 atom stereocenters. The lowest BCUT2D eigenvalue weighted by atomic mass is 10.1. The third-order valence-electron chi connectivity index (χ3n) is 3.74. The zero-order chi connectivity index (χ0) is 18.8. The number of rotatable bonds is 7. The van der Waals surface area contributed by atoms with Crippen molar-refractivity contribution in [3.8, 4) is 5.75 Å². The van der Waals surface area contributed by atoms with Gasteiger partial charge in [-0.15, -0.1) is 24.0 Å². The number of nitrogens with zero attached hydrogens (tertiary/aromatic N) is 1. The minimum Gasteiger partial charge on any atom is -0.492 e. The Morgan fingerprint density at radius 2 is 1.70 bits per heavy atom. The van der Waals surface area contributed by atoms with Crippen LogP contribution in [0.15, 0.2) is 53.5 Å². The first-order chi connectivity index (χ1) is 12.6. The van der Waals surface area contributed by atoms with E-state index in [0.717, 1.165) is 11.3 Å². The molecule has 0 radical (unpaired) electrons. The van der Waals surface area contributed by atoms with E-state index >= 15 is 0 Å². The Morgan fingerprint density at radius 1 is 1.04 bits per heavy atom. The van der Waals surface area contributed by atoms with Gasteiger partial charge >= 0.3 is 5.97 Å². The average Bonchev–Trinajstić information content (AvgIpc) is 2.68. The summed E-state index contributed by atoms with van der Waals surface area (Å²) in [5, 5.41) is 6.42. The number of halogens is 1. The summed E-state index contributed by atoms with van der Waals surface area (Å²) in [5.41, 5.74) is 2.78. The maximum Gasteiger partial charge on any atom is 0.337 e. The summed E-state index contributed by atoms with van der Waals surface area (Å²) in [6.07, 6.45) is 0. The lowest BCUT2D eigenvalue weighted by Crippen LogP contribution is -2.38. The molecule has 146 valence electrons. The van der Waals surface area contributed by atoms with Crippen LogP contribution in [-0.4, -0.2) is 39.2 Å². The Labute approximate surface area is 177 Å². The van der Waals surface area contributed by atoms with Gasteiger partial charge < -0.3 is 20.1 Å². The number of esters is 1. The minimum absolute atomic E-state index is 0. The van der Waals surface area contributed by atoms with Crippen LogP contribution in [0.2, 0.25) is 0 Å². The van der Waals surface area contributed by atoms with Crippen molar-refractivity contribution in [2.45, 2.75) is 13.5 Å². The van der Waals surface area contributed by atoms with E-state index in [-0.39, 0.29) is 29.9 Å². The number of methoxy groups -OCH3 is 1. The largest absolute Gasteiger partial charge is 0.492 e. The number of nitrogens with one attached hydrogen (secondary N) is 2. The topological polar surface area (TPSA) is 72.0 Å². The van der Waals surface area contributed by atoms with E-state index < -0.39 is 0 Å². The molecule has 0 amide bonds. The van der Waals surface area contributed by atoms with Crippen molar-refractivity contribution in [1.82, 2.24) is 10.6 Å². The average molecular weight is 483 g/mol. The van der Waals surface area contributed by atoms with Crippen LogP contribution >= 0.6 is 24.0 Å². The number of carbonyl (C=O) groups excluding carboxylic acids is 1. The van der Waals surface area contributed by atoms with Gasteiger partial charge in [0.1, 0.15) is 12.4 Å². The third-order valence-corrected chi connectivity index (χ3v) is 3.74. The molecule has 0 aliphatic heterocycles. The monoisotopic (exact) mass is 483 g/mol. The zero-order valence-corrected chi connectivity index (χ0v) is 18.2. The van der Waals surface area contributed by atoms with Crippen LogP contribution in [0.5, 0.6) is 5.75 Å². The Bertz CT molecular complexity index is 731. The molecule has 0 unspecified atom stereocenters. The van der Waals surface area contributed by atoms with Crippen molar-refractivity contribution in [1.29, 1.82) is 0 Å². The van der Waals surface area contributed by atoms with Crippen LogP contribution in [-0.2, 0) is 11.3 Å². The van der Waals surface area contributed by atoms with Crippen LogP contribution in [0, 0.1) is 6.92 Å². The lowest BCUT2D eigenvalue weighted by molar-refractivity contribution is 0.0600. The normalized spacial score (nSPS) is 10.6. The van der Waals surface area contributed by atoms with Gasteiger partial charge in [-0.2, -0.15) is 0 Å². The highest BCUT2D eigenvalue weighted by atomic mass is 127. The highest BCUT2D eigenvalue weighted by Gasteiger charge is 2.04. The van der Waals surface area contributed by atoms with Gasteiger partial charge in [0.2, 0.25) is 0 Å². The van der Waals surface area contributed by atoms with Gasteiger partial charge in [-0.3, -0.25) is 4.99 Å². The van der Waals surface area contributed by atoms with Crippen LogP contribution in [0.25, 0.3) is 0 Å². The molecule has 2 aromatic carbocycles. The van der Waals surface area contributed by atoms with Crippen molar-refractivity contribution < 1.29 is 14.3 Å². The van der Waals surface area contributed by atoms with E-state index in [0.29, 0.717) is 31.2 Å². The first-order valence-electron chi connectivity index (χ1n) is 8.43. The first kappa shape index (κ1) is 22.8. The predicted molar refractivity (Wildman–Crippen MR) is 118 cm³/mol. The maximum absolute atomic E-state index is 11.4. The van der Waals surface area contributed by atoms with E-state index in [1.807, 2.05) is 43.3 Å². The molecule has 0 spiro atoms. The molecule has 0 bridgehead atoms. The molecule has 0 heterocycles. The Morgan fingerprint density at radius 3 is 2.30 bits per heavy atom. The van der Waals surface area contributed by atoms with Gasteiger partial charge in [-0.1, -0.05) is 29.8 Å². The summed E-state index contributed by atoms with van der Waals surface area (Å²) in [5.74, 6) is 1.20. The summed E-state index contributed by atoms with van der Waals surface area (Å²) in [6, 6.07) is 15.2. The molecule has 7 heteroatoms. The van der Waals surface area contributed by atoms with Crippen molar-refractivity contribution in [3.63, 3.8) is 0 Å². The van der Waals surface area contributed by atoms with E-state index in [9.17, 15) is 4.79 Å². The summed E-state index contributed by atoms with van der Waals surface area (Å²) < 4.78 is 10.4. The van der Waals surface area contributed by atoms with E-state index in [1.54, 1.807) is 19.2 Å². The molecular formula is C20H26IN3O3. The smallest absolute Gasteiger partial charge is 0.337 e. The van der Waals surface area contributed by atoms with Gasteiger partial charge in [-0.25, -0.2) is 4.79 Å². The van der Waals surface area contributed by atoms with Gasteiger partial charge in [0.25, 0.3) is 0 Å². The van der Waals surface area contributed by atoms with Crippen molar-refractivity contribution in [2.75, 3.05) is 27.3 Å². The number of aryl methyl sites for hydroxylation is 1. The summed E-state index contributed by atoms with van der Waals surface area (Å²) in [4.78, 5) is 15.6. The number of guanidine groups is 1. The van der Waals surface area contributed by atoms with E-state index in [2.05, 4.69) is 20.4 Å². The van der Waals surface area contributed by atoms with Crippen LogP contribution in [0.3, 0.4) is 0 Å².